The van der Waals surface area contributed by atoms with Crippen LogP contribution in [0.25, 0.3) is 10.8 Å². The molecule has 0 bridgehead atoms. The molecule has 0 fully saturated rings. The van der Waals surface area contributed by atoms with Crippen LogP contribution in [0.15, 0.2) is 66.9 Å². The smallest absolute Gasteiger partial charge is 0.185 e. The zero-order valence-corrected chi connectivity index (χ0v) is 12.5. The molecule has 0 spiro atoms. The first kappa shape index (κ1) is 13.8. The number of aromatic amines is 1. The Morgan fingerprint density at radius 1 is 0.905 bits per heavy atom. The summed E-state index contributed by atoms with van der Waals surface area (Å²) in [6.45, 7) is 2.19. The Bertz CT molecular complexity index is 702. The molecule has 0 aliphatic heterocycles. The lowest BCUT2D eigenvalue weighted by Crippen LogP contribution is -3.07. The van der Waals surface area contributed by atoms with Crippen LogP contribution in [-0.4, -0.2) is 13.6 Å². The van der Waals surface area contributed by atoms with Crippen molar-refractivity contribution in [1.82, 2.24) is 0 Å². The van der Waals surface area contributed by atoms with Gasteiger partial charge >= 0.3 is 0 Å². The summed E-state index contributed by atoms with van der Waals surface area (Å²) in [5.74, 6) is 0. The van der Waals surface area contributed by atoms with E-state index in [1.807, 2.05) is 12.3 Å². The number of benzene rings is 2. The molecule has 2 aromatic carbocycles. The number of H-pyrrole nitrogens is 1. The molecule has 2 heteroatoms. The Balaban J connectivity index is 1.67. The summed E-state index contributed by atoms with van der Waals surface area (Å²) in [5.41, 5.74) is 2.73. The highest BCUT2D eigenvalue weighted by Crippen LogP contribution is 2.17. The number of nitrogens with one attached hydrogen (secondary N) is 2. The lowest BCUT2D eigenvalue weighted by atomic mass is 10.0. The fraction of sp³-hybridized carbons (Fsp3) is 0.211. The van der Waals surface area contributed by atoms with Crippen molar-refractivity contribution in [3.63, 3.8) is 0 Å². The number of likely N-dealkylation sites (N-methyl/N-ethyl adjacent to an activating group) is 1. The number of fused-ring (bicyclic) bond motifs is 1. The summed E-state index contributed by atoms with van der Waals surface area (Å²) in [7, 11) is 2.27. The SMILES string of the molecule is C[NH+](CCc1cccc[nH+]1)Cc1cccc2ccccc12. The maximum absolute atomic E-state index is 3.30. The highest BCUT2D eigenvalue weighted by atomic mass is 15.1. The van der Waals surface area contributed by atoms with Crippen LogP contribution < -0.4 is 9.88 Å². The first-order valence-electron chi connectivity index (χ1n) is 7.56. The van der Waals surface area contributed by atoms with Crippen molar-refractivity contribution in [2.45, 2.75) is 13.0 Å². The van der Waals surface area contributed by atoms with Crippen LogP contribution in [0.2, 0.25) is 0 Å². The van der Waals surface area contributed by atoms with E-state index in [1.54, 1.807) is 0 Å². The highest BCUT2D eigenvalue weighted by Gasteiger charge is 2.09. The maximum Gasteiger partial charge on any atom is 0.185 e. The van der Waals surface area contributed by atoms with Crippen molar-refractivity contribution in [1.29, 1.82) is 0 Å². The van der Waals surface area contributed by atoms with E-state index < -0.39 is 0 Å². The summed E-state index contributed by atoms with van der Waals surface area (Å²) < 4.78 is 0. The van der Waals surface area contributed by atoms with Crippen LogP contribution in [0, 0.1) is 0 Å². The summed E-state index contributed by atoms with van der Waals surface area (Å²) >= 11 is 0. The Morgan fingerprint density at radius 3 is 2.57 bits per heavy atom. The standard InChI is InChI=1S/C19H20N2/c1-21(14-12-18-10-4-5-13-20-18)15-17-9-6-8-16-7-2-3-11-19(16)17/h2-11,13H,12,14-15H2,1H3/p+2. The minimum Gasteiger partial charge on any atom is -0.333 e. The van der Waals surface area contributed by atoms with Crippen molar-refractivity contribution >= 4 is 10.8 Å². The van der Waals surface area contributed by atoms with Gasteiger partial charge < -0.3 is 4.90 Å². The van der Waals surface area contributed by atoms with E-state index in [2.05, 4.69) is 66.6 Å². The topological polar surface area (TPSA) is 18.6 Å². The number of aromatic nitrogens is 1. The number of pyridine rings is 1. The third-order valence-corrected chi connectivity index (χ3v) is 3.97. The van der Waals surface area contributed by atoms with Gasteiger partial charge in [0.25, 0.3) is 0 Å². The molecule has 3 rings (SSSR count). The summed E-state index contributed by atoms with van der Waals surface area (Å²) in [4.78, 5) is 4.84. The normalized spacial score (nSPS) is 12.4. The van der Waals surface area contributed by atoms with Crippen molar-refractivity contribution in [3.05, 3.63) is 78.1 Å². The predicted octanol–water partition coefficient (Wildman–Crippen LogP) is 1.91. The second-order valence-corrected chi connectivity index (χ2v) is 5.66. The first-order valence-corrected chi connectivity index (χ1v) is 7.56. The zero-order chi connectivity index (χ0) is 14.5. The Labute approximate surface area is 126 Å². The van der Waals surface area contributed by atoms with Crippen molar-refractivity contribution < 1.29 is 9.88 Å². The van der Waals surface area contributed by atoms with Crippen LogP contribution in [0.5, 0.6) is 0 Å². The fourth-order valence-corrected chi connectivity index (χ4v) is 2.79. The van der Waals surface area contributed by atoms with Crippen LogP contribution in [-0.2, 0) is 13.0 Å². The number of hydrogen-bond donors (Lipinski definition) is 1. The molecule has 1 unspecified atom stereocenters. The van der Waals surface area contributed by atoms with Crippen molar-refractivity contribution in [3.8, 4) is 0 Å². The molecule has 1 aromatic heterocycles. The van der Waals surface area contributed by atoms with Gasteiger partial charge in [-0.25, -0.2) is 4.98 Å². The highest BCUT2D eigenvalue weighted by molar-refractivity contribution is 5.85. The third kappa shape index (κ3) is 3.47. The van der Waals surface area contributed by atoms with Gasteiger partial charge in [0.1, 0.15) is 6.54 Å². The van der Waals surface area contributed by atoms with E-state index in [1.165, 1.54) is 26.9 Å². The molecule has 21 heavy (non-hydrogen) atoms. The molecule has 1 atom stereocenters. The number of quaternary nitrogens is 1. The lowest BCUT2D eigenvalue weighted by Gasteiger charge is -2.14. The number of hydrogen-bond acceptors (Lipinski definition) is 0. The third-order valence-electron chi connectivity index (χ3n) is 3.97. The monoisotopic (exact) mass is 278 g/mol. The van der Waals surface area contributed by atoms with Crippen molar-refractivity contribution in [2.75, 3.05) is 13.6 Å². The molecule has 1 heterocycles. The van der Waals surface area contributed by atoms with Crippen LogP contribution in [0.1, 0.15) is 11.3 Å². The second kappa shape index (κ2) is 6.51. The van der Waals surface area contributed by atoms with E-state index in [4.69, 9.17) is 0 Å². The molecule has 0 radical (unpaired) electrons. The molecule has 3 aromatic rings. The maximum atomic E-state index is 3.30. The zero-order valence-electron chi connectivity index (χ0n) is 12.5. The molecule has 0 aliphatic rings. The van der Waals surface area contributed by atoms with Gasteiger partial charge in [0.2, 0.25) is 0 Å². The Kier molecular flexibility index (Phi) is 4.27. The predicted molar refractivity (Wildman–Crippen MR) is 86.1 cm³/mol. The van der Waals surface area contributed by atoms with Gasteiger partial charge in [-0.15, -0.1) is 0 Å². The minimum atomic E-state index is 1.06. The quantitative estimate of drug-likeness (QED) is 0.735. The molecule has 2 N–H and O–H groups in total. The fourth-order valence-electron chi connectivity index (χ4n) is 2.79. The van der Waals surface area contributed by atoms with Gasteiger partial charge in [-0.05, 0) is 10.8 Å². The van der Waals surface area contributed by atoms with Crippen LogP contribution in [0.3, 0.4) is 0 Å². The number of rotatable bonds is 5. The van der Waals surface area contributed by atoms with Crippen LogP contribution in [0.4, 0.5) is 0 Å². The largest absolute Gasteiger partial charge is 0.333 e. The molecule has 0 saturated carbocycles. The molecule has 106 valence electrons. The van der Waals surface area contributed by atoms with E-state index in [0.717, 1.165) is 19.5 Å². The molecule has 2 nitrogen and oxygen atoms in total. The average Bonchev–Trinajstić information content (AvgIpc) is 2.54. The van der Waals surface area contributed by atoms with Gasteiger partial charge in [0.15, 0.2) is 11.9 Å². The first-order chi connectivity index (χ1) is 10.3. The molecule has 0 aliphatic carbocycles. The van der Waals surface area contributed by atoms with Gasteiger partial charge in [0.05, 0.1) is 20.0 Å². The Morgan fingerprint density at radius 2 is 1.71 bits per heavy atom. The van der Waals surface area contributed by atoms with Gasteiger partial charge in [-0.1, -0.05) is 48.5 Å². The van der Waals surface area contributed by atoms with Gasteiger partial charge in [-0.2, -0.15) is 0 Å². The summed E-state index contributed by atoms with van der Waals surface area (Å²) in [5, 5.41) is 2.71. The van der Waals surface area contributed by atoms with Gasteiger partial charge in [0, 0.05) is 17.7 Å². The summed E-state index contributed by atoms with van der Waals surface area (Å²) in [6.07, 6.45) is 3.08. The summed E-state index contributed by atoms with van der Waals surface area (Å²) in [6, 6.07) is 21.5. The van der Waals surface area contributed by atoms with E-state index in [9.17, 15) is 0 Å². The molecule has 0 saturated heterocycles. The van der Waals surface area contributed by atoms with E-state index >= 15 is 0 Å². The second-order valence-electron chi connectivity index (χ2n) is 5.66. The minimum absolute atomic E-state index is 1.06. The van der Waals surface area contributed by atoms with Crippen LogP contribution >= 0.6 is 0 Å². The van der Waals surface area contributed by atoms with Gasteiger partial charge in [-0.3, -0.25) is 0 Å². The molecular weight excluding hydrogens is 256 g/mol. The van der Waals surface area contributed by atoms with E-state index in [0.29, 0.717) is 0 Å². The molecular formula is C19H22N2+2. The lowest BCUT2D eigenvalue weighted by molar-refractivity contribution is -0.893. The Hall–Kier alpha value is -2.19. The average molecular weight is 278 g/mol. The molecule has 0 amide bonds. The van der Waals surface area contributed by atoms with Crippen molar-refractivity contribution in [2.24, 2.45) is 0 Å². The van der Waals surface area contributed by atoms with E-state index in [-0.39, 0.29) is 0 Å².